The fourth-order valence-corrected chi connectivity index (χ4v) is 4.34. The molecule has 1 saturated heterocycles. The van der Waals surface area contributed by atoms with Crippen LogP contribution in [0.4, 0.5) is 16.8 Å². The third-order valence-corrected chi connectivity index (χ3v) is 6.06. The van der Waals surface area contributed by atoms with Gasteiger partial charge in [-0.15, -0.1) is 21.5 Å². The summed E-state index contributed by atoms with van der Waals surface area (Å²) in [6.07, 6.45) is 3.08. The maximum Gasteiger partial charge on any atom is 0.273 e. The predicted molar refractivity (Wildman–Crippen MR) is 113 cm³/mol. The Morgan fingerprint density at radius 3 is 2.83 bits per heavy atom. The van der Waals surface area contributed by atoms with Crippen LogP contribution >= 0.6 is 11.3 Å². The van der Waals surface area contributed by atoms with Gasteiger partial charge in [0.25, 0.3) is 5.91 Å². The summed E-state index contributed by atoms with van der Waals surface area (Å²) >= 11 is 1.49. The van der Waals surface area contributed by atoms with E-state index in [4.69, 9.17) is 5.73 Å². The number of rotatable bonds is 6. The van der Waals surface area contributed by atoms with E-state index in [-0.39, 0.29) is 29.5 Å². The van der Waals surface area contributed by atoms with Crippen LogP contribution in [0.2, 0.25) is 0 Å². The maximum absolute atomic E-state index is 12.1. The molecule has 3 rings (SSSR count). The normalized spacial score (nSPS) is 18.9. The molecule has 9 nitrogen and oxygen atoms in total. The number of carbonyl (C=O) groups is 2. The number of thiophene rings is 1. The van der Waals surface area contributed by atoms with Gasteiger partial charge in [-0.05, 0) is 49.8 Å². The molecule has 1 aliphatic rings. The smallest absolute Gasteiger partial charge is 0.273 e. The lowest BCUT2D eigenvalue weighted by atomic mass is 9.96. The van der Waals surface area contributed by atoms with Crippen LogP contribution in [0.25, 0.3) is 0 Å². The molecule has 0 aromatic carbocycles. The molecule has 3 N–H and O–H groups in total. The van der Waals surface area contributed by atoms with Gasteiger partial charge in [0.2, 0.25) is 11.9 Å². The molecule has 154 valence electrons. The average Bonchev–Trinajstić information content (AvgIpc) is 3.11. The number of primary amides is 1. The minimum absolute atomic E-state index is 0.00529. The van der Waals surface area contributed by atoms with E-state index in [2.05, 4.69) is 27.1 Å². The summed E-state index contributed by atoms with van der Waals surface area (Å²) in [4.78, 5) is 32.1. The van der Waals surface area contributed by atoms with Crippen LogP contribution in [0.3, 0.4) is 0 Å². The Kier molecular flexibility index (Phi) is 6.12. The summed E-state index contributed by atoms with van der Waals surface area (Å²) < 4.78 is 0. The van der Waals surface area contributed by atoms with Gasteiger partial charge >= 0.3 is 0 Å². The van der Waals surface area contributed by atoms with Crippen LogP contribution in [0.15, 0.2) is 24.1 Å². The maximum atomic E-state index is 12.1. The molecule has 0 spiro atoms. The van der Waals surface area contributed by atoms with Gasteiger partial charge in [-0.25, -0.2) is 0 Å². The number of piperidine rings is 1. The van der Waals surface area contributed by atoms with Crippen molar-refractivity contribution in [3.8, 4) is 0 Å². The summed E-state index contributed by atoms with van der Waals surface area (Å²) in [6, 6.07) is 1.91. The Hall–Kier alpha value is -3.01. The molecule has 0 aliphatic carbocycles. The molecule has 0 radical (unpaired) electrons. The second-order valence-electron chi connectivity index (χ2n) is 7.08. The van der Waals surface area contributed by atoms with Gasteiger partial charge < -0.3 is 20.9 Å². The van der Waals surface area contributed by atoms with E-state index >= 15 is 0 Å². The molecule has 2 amide bonds. The standard InChI is InChI=1S/C19H25N7O2S/c1-5-15(27)26-8-6-7-13(12(26)3)25(4)19-22-18(16(17(20)28)23-24-19)21-14-9-11(2)10-29-14/h5,9-10,12-13H,1,6-8H2,2-4H3,(H2,20,28)(H,21,22,24)/t12-,13-/m1/s1. The lowest BCUT2D eigenvalue weighted by Crippen LogP contribution is -2.55. The molecule has 3 heterocycles. The highest BCUT2D eigenvalue weighted by Crippen LogP contribution is 2.28. The Morgan fingerprint density at radius 2 is 2.21 bits per heavy atom. The second kappa shape index (κ2) is 8.56. The van der Waals surface area contributed by atoms with Crippen molar-refractivity contribution in [2.75, 3.05) is 23.8 Å². The molecule has 10 heteroatoms. The molecule has 2 atom stereocenters. The number of hydrogen-bond donors (Lipinski definition) is 2. The molecule has 0 bridgehead atoms. The summed E-state index contributed by atoms with van der Waals surface area (Å²) in [5.74, 6) is -0.174. The lowest BCUT2D eigenvalue weighted by Gasteiger charge is -2.42. The third kappa shape index (κ3) is 4.37. The Bertz CT molecular complexity index is 929. The van der Waals surface area contributed by atoms with E-state index in [9.17, 15) is 9.59 Å². The monoisotopic (exact) mass is 415 g/mol. The van der Waals surface area contributed by atoms with Crippen molar-refractivity contribution in [1.29, 1.82) is 0 Å². The minimum Gasteiger partial charge on any atom is -0.364 e. The zero-order chi connectivity index (χ0) is 21.1. The van der Waals surface area contributed by atoms with Gasteiger partial charge in [0.15, 0.2) is 11.5 Å². The zero-order valence-corrected chi connectivity index (χ0v) is 17.6. The van der Waals surface area contributed by atoms with E-state index in [1.165, 1.54) is 17.4 Å². The number of aryl methyl sites for hydroxylation is 1. The molecule has 1 aliphatic heterocycles. The Morgan fingerprint density at radius 1 is 1.45 bits per heavy atom. The molecule has 1 fully saturated rings. The fourth-order valence-electron chi connectivity index (χ4n) is 3.55. The van der Waals surface area contributed by atoms with Crippen molar-refractivity contribution in [3.63, 3.8) is 0 Å². The van der Waals surface area contributed by atoms with Crippen LogP contribution < -0.4 is 16.0 Å². The summed E-state index contributed by atoms with van der Waals surface area (Å²) in [5, 5.41) is 14.1. The fraction of sp³-hybridized carbons (Fsp3) is 0.421. The van der Waals surface area contributed by atoms with Gasteiger partial charge in [0.1, 0.15) is 0 Å². The van der Waals surface area contributed by atoms with E-state index in [0.29, 0.717) is 12.5 Å². The van der Waals surface area contributed by atoms with Gasteiger partial charge in [-0.2, -0.15) is 4.98 Å². The van der Waals surface area contributed by atoms with Crippen molar-refractivity contribution in [2.24, 2.45) is 5.73 Å². The van der Waals surface area contributed by atoms with E-state index in [0.717, 1.165) is 23.4 Å². The molecule has 0 unspecified atom stereocenters. The van der Waals surface area contributed by atoms with E-state index in [1.807, 2.05) is 37.2 Å². The summed E-state index contributed by atoms with van der Waals surface area (Å²) in [7, 11) is 1.86. The first kappa shape index (κ1) is 20.7. The Labute approximate surface area is 173 Å². The SMILES string of the molecule is C=CC(=O)N1CCC[C@@H](N(C)c2nnc(C(N)=O)c(Nc3cc(C)cs3)n2)[C@H]1C. The highest BCUT2D eigenvalue weighted by Gasteiger charge is 2.34. The topological polar surface area (TPSA) is 117 Å². The number of amides is 2. The van der Waals surface area contributed by atoms with Gasteiger partial charge in [0.05, 0.1) is 11.0 Å². The third-order valence-electron chi connectivity index (χ3n) is 5.10. The molecule has 2 aromatic heterocycles. The van der Waals surface area contributed by atoms with Crippen LogP contribution in [0.1, 0.15) is 35.8 Å². The largest absolute Gasteiger partial charge is 0.364 e. The van der Waals surface area contributed by atoms with Crippen LogP contribution in [-0.2, 0) is 4.79 Å². The number of anilines is 3. The molecule has 0 saturated carbocycles. The predicted octanol–water partition coefficient (Wildman–Crippen LogP) is 2.09. The number of likely N-dealkylation sites (N-methyl/N-ethyl adjacent to an activating group) is 1. The van der Waals surface area contributed by atoms with Gasteiger partial charge in [-0.3, -0.25) is 9.59 Å². The van der Waals surface area contributed by atoms with Crippen LogP contribution in [0, 0.1) is 6.92 Å². The number of nitrogens with one attached hydrogen (secondary N) is 1. The minimum atomic E-state index is -0.705. The molecular weight excluding hydrogens is 390 g/mol. The van der Waals surface area contributed by atoms with Crippen molar-refractivity contribution >= 4 is 39.9 Å². The number of aromatic nitrogens is 3. The Balaban J connectivity index is 1.89. The number of carbonyl (C=O) groups excluding carboxylic acids is 2. The second-order valence-corrected chi connectivity index (χ2v) is 7.99. The van der Waals surface area contributed by atoms with Crippen molar-refractivity contribution in [3.05, 3.63) is 35.4 Å². The first-order valence-corrected chi connectivity index (χ1v) is 10.2. The number of nitrogens with two attached hydrogens (primary N) is 1. The molecule has 2 aromatic rings. The number of likely N-dealkylation sites (tertiary alicyclic amines) is 1. The number of nitrogens with zero attached hydrogens (tertiary/aromatic N) is 5. The van der Waals surface area contributed by atoms with E-state index < -0.39 is 5.91 Å². The summed E-state index contributed by atoms with van der Waals surface area (Å²) in [6.45, 7) is 8.26. The summed E-state index contributed by atoms with van der Waals surface area (Å²) in [5.41, 5.74) is 6.52. The first-order valence-electron chi connectivity index (χ1n) is 9.34. The lowest BCUT2D eigenvalue weighted by molar-refractivity contribution is -0.129. The van der Waals surface area contributed by atoms with E-state index in [1.54, 1.807) is 4.90 Å². The van der Waals surface area contributed by atoms with Gasteiger partial charge in [0, 0.05) is 19.6 Å². The molecular formula is C19H25N7O2S. The molecule has 29 heavy (non-hydrogen) atoms. The zero-order valence-electron chi connectivity index (χ0n) is 16.8. The average molecular weight is 416 g/mol. The number of hydrogen-bond acceptors (Lipinski definition) is 8. The first-order chi connectivity index (χ1) is 13.8. The van der Waals surface area contributed by atoms with Crippen molar-refractivity contribution < 1.29 is 9.59 Å². The van der Waals surface area contributed by atoms with Crippen molar-refractivity contribution in [2.45, 2.75) is 38.8 Å². The highest BCUT2D eigenvalue weighted by molar-refractivity contribution is 7.14. The quantitative estimate of drug-likeness (QED) is 0.694. The van der Waals surface area contributed by atoms with Crippen LogP contribution in [0.5, 0.6) is 0 Å². The van der Waals surface area contributed by atoms with Gasteiger partial charge in [-0.1, -0.05) is 6.58 Å². The van der Waals surface area contributed by atoms with Crippen LogP contribution in [-0.4, -0.2) is 57.6 Å². The van der Waals surface area contributed by atoms with Crippen molar-refractivity contribution in [1.82, 2.24) is 20.1 Å². The highest BCUT2D eigenvalue weighted by atomic mass is 32.1.